The summed E-state index contributed by atoms with van der Waals surface area (Å²) in [5.41, 5.74) is 7.16. The van der Waals surface area contributed by atoms with Crippen LogP contribution in [0.15, 0.2) is 0 Å². The Morgan fingerprint density at radius 2 is 1.92 bits per heavy atom. The standard InChI is InChI=1S/C29H46F3N5O2/c1-35-18-33-34-25(35)12-28(16-39-17-28)20-3-2-4-21(11-20)37-14-23-22(26(37)38)9-19(10-24(23)29(30,31)32)13-36-8-7-27(15-36)5-6-27/h19-25,33-34H,2-18H2,1H3. The summed E-state index contributed by atoms with van der Waals surface area (Å²) < 4.78 is 49.0. The summed E-state index contributed by atoms with van der Waals surface area (Å²) in [4.78, 5) is 20.5. The van der Waals surface area contributed by atoms with E-state index in [1.54, 1.807) is 0 Å². The number of ether oxygens (including phenoxy) is 1. The summed E-state index contributed by atoms with van der Waals surface area (Å²) in [5, 5.41) is 0. The molecule has 4 aliphatic heterocycles. The maximum Gasteiger partial charge on any atom is 0.392 e. The number of hydrogen-bond donors (Lipinski definition) is 2. The van der Waals surface area contributed by atoms with E-state index in [9.17, 15) is 18.0 Å². The lowest BCUT2D eigenvalue weighted by atomic mass is 9.64. The molecule has 3 saturated carbocycles. The predicted molar refractivity (Wildman–Crippen MR) is 140 cm³/mol. The number of nitrogens with zero attached hydrogens (tertiary/aromatic N) is 3. The van der Waals surface area contributed by atoms with Crippen molar-refractivity contribution in [3.8, 4) is 0 Å². The molecule has 4 heterocycles. The van der Waals surface area contributed by atoms with E-state index >= 15 is 0 Å². The molecule has 4 saturated heterocycles. The van der Waals surface area contributed by atoms with Gasteiger partial charge in [-0.1, -0.05) is 6.42 Å². The number of amides is 1. The first-order chi connectivity index (χ1) is 18.6. The van der Waals surface area contributed by atoms with E-state index in [0.29, 0.717) is 24.3 Å². The average molecular weight is 554 g/mol. The molecule has 1 spiro atoms. The lowest BCUT2D eigenvalue weighted by molar-refractivity contribution is -0.204. The van der Waals surface area contributed by atoms with Gasteiger partial charge in [-0.3, -0.25) is 9.69 Å². The van der Waals surface area contributed by atoms with Crippen molar-refractivity contribution in [1.82, 2.24) is 25.6 Å². The third kappa shape index (κ3) is 4.94. The van der Waals surface area contributed by atoms with Gasteiger partial charge >= 0.3 is 6.18 Å². The molecular formula is C29H46F3N5O2. The second-order valence-corrected chi connectivity index (χ2v) is 14.6. The molecular weight excluding hydrogens is 507 g/mol. The molecule has 0 bridgehead atoms. The predicted octanol–water partition coefficient (Wildman–Crippen LogP) is 3.42. The normalized spacial score (nSPS) is 42.2. The molecule has 0 radical (unpaired) electrons. The number of hydrogen-bond acceptors (Lipinski definition) is 6. The lowest BCUT2D eigenvalue weighted by Crippen LogP contribution is -2.56. The summed E-state index contributed by atoms with van der Waals surface area (Å²) >= 11 is 0. The number of hydrazine groups is 1. The molecule has 1 amide bonds. The molecule has 0 aromatic carbocycles. The molecule has 10 heteroatoms. The van der Waals surface area contributed by atoms with Crippen LogP contribution in [0.4, 0.5) is 13.2 Å². The summed E-state index contributed by atoms with van der Waals surface area (Å²) in [6.45, 7) is 5.38. The summed E-state index contributed by atoms with van der Waals surface area (Å²) in [6, 6.07) is 0.0624. The van der Waals surface area contributed by atoms with Gasteiger partial charge in [-0.2, -0.15) is 13.2 Å². The Morgan fingerprint density at radius 1 is 1.10 bits per heavy atom. The highest BCUT2D eigenvalue weighted by Gasteiger charge is 2.59. The highest BCUT2D eigenvalue weighted by molar-refractivity contribution is 5.82. The molecule has 7 atom stereocenters. The van der Waals surface area contributed by atoms with E-state index in [0.717, 1.165) is 71.6 Å². The van der Waals surface area contributed by atoms with Gasteiger partial charge < -0.3 is 14.5 Å². The Hall–Kier alpha value is -0.940. The number of rotatable bonds is 6. The smallest absolute Gasteiger partial charge is 0.380 e. The molecule has 7 fully saturated rings. The zero-order valence-electron chi connectivity index (χ0n) is 23.4. The maximum atomic E-state index is 14.4. The van der Waals surface area contributed by atoms with Crippen LogP contribution < -0.4 is 10.9 Å². The van der Waals surface area contributed by atoms with Gasteiger partial charge in [0.15, 0.2) is 0 Å². The Kier molecular flexibility index (Phi) is 6.78. The second kappa shape index (κ2) is 9.82. The van der Waals surface area contributed by atoms with Gasteiger partial charge in [-0.15, -0.1) is 0 Å². The van der Waals surface area contributed by atoms with Crippen LogP contribution in [-0.2, 0) is 9.53 Å². The van der Waals surface area contributed by atoms with Crippen molar-refractivity contribution in [1.29, 1.82) is 0 Å². The molecule has 7 nitrogen and oxygen atoms in total. The van der Waals surface area contributed by atoms with E-state index in [-0.39, 0.29) is 35.9 Å². The van der Waals surface area contributed by atoms with Crippen molar-refractivity contribution in [3.05, 3.63) is 0 Å². The van der Waals surface area contributed by atoms with Gasteiger partial charge in [0.05, 0.1) is 32.0 Å². The number of alkyl halides is 3. The Bertz CT molecular complexity index is 940. The summed E-state index contributed by atoms with van der Waals surface area (Å²) in [7, 11) is 2.11. The third-order valence-electron chi connectivity index (χ3n) is 12.1. The van der Waals surface area contributed by atoms with Crippen molar-refractivity contribution in [2.45, 2.75) is 82.6 Å². The van der Waals surface area contributed by atoms with Crippen LogP contribution in [0.3, 0.4) is 0 Å². The van der Waals surface area contributed by atoms with E-state index in [2.05, 4.69) is 27.7 Å². The molecule has 0 aromatic rings. The fourth-order valence-electron chi connectivity index (χ4n) is 9.49. The third-order valence-corrected chi connectivity index (χ3v) is 12.1. The number of fused-ring (bicyclic) bond motifs is 1. The van der Waals surface area contributed by atoms with E-state index in [1.807, 2.05) is 4.90 Å². The SMILES string of the molecule is CN1CNNC1CC1(C2CCCC(N3CC4C(CC(CN5CCC6(CC6)C5)CC4C(F)(F)F)C3=O)C2)COC1. The fourth-order valence-corrected chi connectivity index (χ4v) is 9.49. The van der Waals surface area contributed by atoms with Gasteiger partial charge in [0.25, 0.3) is 0 Å². The van der Waals surface area contributed by atoms with Gasteiger partial charge in [-0.25, -0.2) is 10.9 Å². The Labute approximate surface area is 230 Å². The van der Waals surface area contributed by atoms with Crippen LogP contribution >= 0.6 is 0 Å². The number of carbonyl (C=O) groups is 1. The van der Waals surface area contributed by atoms with Crippen LogP contribution in [0.2, 0.25) is 0 Å². The maximum absolute atomic E-state index is 14.4. The monoisotopic (exact) mass is 553 g/mol. The van der Waals surface area contributed by atoms with E-state index < -0.39 is 23.9 Å². The molecule has 220 valence electrons. The first kappa shape index (κ1) is 26.9. The second-order valence-electron chi connectivity index (χ2n) is 14.6. The van der Waals surface area contributed by atoms with E-state index in [4.69, 9.17) is 4.74 Å². The van der Waals surface area contributed by atoms with Crippen LogP contribution in [0.1, 0.15) is 64.2 Å². The van der Waals surface area contributed by atoms with Crippen molar-refractivity contribution < 1.29 is 22.7 Å². The molecule has 7 rings (SSSR count). The fraction of sp³-hybridized carbons (Fsp3) is 0.966. The van der Waals surface area contributed by atoms with Crippen LogP contribution in [0.5, 0.6) is 0 Å². The highest BCUT2D eigenvalue weighted by Crippen LogP contribution is 2.55. The zero-order valence-corrected chi connectivity index (χ0v) is 23.4. The van der Waals surface area contributed by atoms with Crippen molar-refractivity contribution in [2.24, 2.45) is 40.4 Å². The van der Waals surface area contributed by atoms with Crippen LogP contribution in [0.25, 0.3) is 0 Å². The lowest BCUT2D eigenvalue weighted by Gasteiger charge is -2.52. The first-order valence-corrected chi connectivity index (χ1v) is 15.5. The number of carbonyl (C=O) groups excluding carboxylic acids is 1. The van der Waals surface area contributed by atoms with Gasteiger partial charge in [0.1, 0.15) is 0 Å². The van der Waals surface area contributed by atoms with E-state index in [1.165, 1.54) is 19.3 Å². The molecule has 2 N–H and O–H groups in total. The molecule has 39 heavy (non-hydrogen) atoms. The number of halogens is 3. The molecule has 7 unspecified atom stereocenters. The minimum absolute atomic E-state index is 0.0185. The Morgan fingerprint density at radius 3 is 2.56 bits per heavy atom. The van der Waals surface area contributed by atoms with Crippen LogP contribution in [0, 0.1) is 40.4 Å². The number of likely N-dealkylation sites (tertiary alicyclic amines) is 2. The molecule has 0 aromatic heterocycles. The highest BCUT2D eigenvalue weighted by atomic mass is 19.4. The van der Waals surface area contributed by atoms with Crippen LogP contribution in [-0.4, -0.2) is 92.1 Å². The largest absolute Gasteiger partial charge is 0.392 e. The quantitative estimate of drug-likeness (QED) is 0.526. The van der Waals surface area contributed by atoms with Crippen molar-refractivity contribution >= 4 is 5.91 Å². The minimum Gasteiger partial charge on any atom is -0.380 e. The average Bonchev–Trinajstić information content (AvgIpc) is 3.15. The molecule has 3 aliphatic carbocycles. The number of nitrogens with one attached hydrogen (secondary N) is 2. The Balaban J connectivity index is 1.04. The van der Waals surface area contributed by atoms with Crippen molar-refractivity contribution in [2.75, 3.05) is 53.1 Å². The van der Waals surface area contributed by atoms with Gasteiger partial charge in [-0.05, 0) is 94.5 Å². The zero-order chi connectivity index (χ0) is 27.0. The minimum atomic E-state index is -4.24. The van der Waals surface area contributed by atoms with Crippen molar-refractivity contribution in [3.63, 3.8) is 0 Å². The topological polar surface area (TPSA) is 60.1 Å². The summed E-state index contributed by atoms with van der Waals surface area (Å²) in [6.07, 6.45) is 5.53. The van der Waals surface area contributed by atoms with Gasteiger partial charge in [0, 0.05) is 37.0 Å². The summed E-state index contributed by atoms with van der Waals surface area (Å²) in [5.74, 6) is -1.97. The van der Waals surface area contributed by atoms with Gasteiger partial charge in [0.2, 0.25) is 5.91 Å². The molecule has 7 aliphatic rings. The first-order valence-electron chi connectivity index (χ1n) is 15.5.